The van der Waals surface area contributed by atoms with Crippen molar-refractivity contribution in [3.8, 4) is 11.6 Å². The zero-order chi connectivity index (χ0) is 27.3. The number of benzene rings is 2. The highest BCUT2D eigenvalue weighted by Gasteiger charge is 2.20. The first-order chi connectivity index (χ1) is 18.1. The molecule has 1 fully saturated rings. The minimum atomic E-state index is -0.734. The SMILES string of the molecule is Cc1cc(C)c(-n2c(O)c(C=Nc3cc4c(cc3N3CCCCC3)n(C)c(=O)n4C)c(=O)[nH]c2=O)c(C)c1. The van der Waals surface area contributed by atoms with Crippen LogP contribution < -0.4 is 21.8 Å². The second-order valence-corrected chi connectivity index (χ2v) is 10.1. The Kier molecular flexibility index (Phi) is 6.34. The molecule has 5 rings (SSSR count). The normalized spacial score (nSPS) is 14.2. The lowest BCUT2D eigenvalue weighted by atomic mass is 10.0. The van der Waals surface area contributed by atoms with Crippen molar-refractivity contribution in [1.82, 2.24) is 18.7 Å². The van der Waals surface area contributed by atoms with Crippen LogP contribution in [0.5, 0.6) is 5.88 Å². The number of nitrogens with one attached hydrogen (secondary N) is 1. The summed E-state index contributed by atoms with van der Waals surface area (Å²) < 4.78 is 4.28. The molecule has 0 atom stereocenters. The van der Waals surface area contributed by atoms with Gasteiger partial charge in [-0.25, -0.2) is 14.2 Å². The van der Waals surface area contributed by atoms with Crippen molar-refractivity contribution in [3.63, 3.8) is 0 Å². The van der Waals surface area contributed by atoms with Crippen molar-refractivity contribution >= 4 is 28.6 Å². The van der Waals surface area contributed by atoms with Gasteiger partial charge >= 0.3 is 11.4 Å². The van der Waals surface area contributed by atoms with E-state index in [4.69, 9.17) is 0 Å². The fourth-order valence-corrected chi connectivity index (χ4v) is 5.54. The number of H-pyrrole nitrogens is 1. The van der Waals surface area contributed by atoms with Crippen LogP contribution in [0.4, 0.5) is 11.4 Å². The van der Waals surface area contributed by atoms with E-state index in [1.165, 1.54) is 6.21 Å². The summed E-state index contributed by atoms with van der Waals surface area (Å²) in [6.45, 7) is 7.38. The Bertz CT molecular complexity index is 1760. The molecule has 198 valence electrons. The van der Waals surface area contributed by atoms with Gasteiger partial charge in [0.15, 0.2) is 0 Å². The quantitative estimate of drug-likeness (QED) is 0.404. The number of rotatable bonds is 4. The van der Waals surface area contributed by atoms with Gasteiger partial charge in [0, 0.05) is 33.4 Å². The summed E-state index contributed by atoms with van der Waals surface area (Å²) in [6.07, 6.45) is 4.55. The van der Waals surface area contributed by atoms with E-state index in [2.05, 4.69) is 14.9 Å². The fourth-order valence-electron chi connectivity index (χ4n) is 5.54. The number of anilines is 1. The molecule has 1 aliphatic rings. The van der Waals surface area contributed by atoms with Gasteiger partial charge < -0.3 is 10.0 Å². The predicted molar refractivity (Wildman–Crippen MR) is 150 cm³/mol. The van der Waals surface area contributed by atoms with Crippen LogP contribution in [0.3, 0.4) is 0 Å². The molecule has 38 heavy (non-hydrogen) atoms. The molecule has 0 saturated carbocycles. The molecule has 2 N–H and O–H groups in total. The summed E-state index contributed by atoms with van der Waals surface area (Å²) in [5.74, 6) is -0.481. The number of aliphatic imine (C=N–C) groups is 1. The van der Waals surface area contributed by atoms with Crippen molar-refractivity contribution < 1.29 is 5.11 Å². The monoisotopic (exact) mass is 516 g/mol. The van der Waals surface area contributed by atoms with Gasteiger partial charge in [-0.05, 0) is 63.3 Å². The van der Waals surface area contributed by atoms with E-state index in [9.17, 15) is 19.5 Å². The number of imidazole rings is 1. The molecule has 2 aromatic heterocycles. The van der Waals surface area contributed by atoms with Gasteiger partial charge in [0.2, 0.25) is 5.88 Å². The number of hydrogen-bond donors (Lipinski definition) is 2. The van der Waals surface area contributed by atoms with Crippen LogP contribution in [0, 0.1) is 20.8 Å². The molecule has 3 heterocycles. The Labute approximate surface area is 219 Å². The smallest absolute Gasteiger partial charge is 0.335 e. The van der Waals surface area contributed by atoms with Crippen molar-refractivity contribution in [2.75, 3.05) is 18.0 Å². The summed E-state index contributed by atoms with van der Waals surface area (Å²) in [5.41, 5.74) is 4.30. The Hall–Kier alpha value is -4.34. The van der Waals surface area contributed by atoms with Crippen LogP contribution in [0.1, 0.15) is 41.5 Å². The molecule has 0 unspecified atom stereocenters. The second-order valence-electron chi connectivity index (χ2n) is 10.1. The number of aromatic hydroxyl groups is 1. The first kappa shape index (κ1) is 25.3. The molecule has 10 nitrogen and oxygen atoms in total. The highest BCUT2D eigenvalue weighted by molar-refractivity contribution is 5.92. The fraction of sp³-hybridized carbons (Fsp3) is 0.357. The van der Waals surface area contributed by atoms with Gasteiger partial charge in [-0.2, -0.15) is 0 Å². The first-order valence-corrected chi connectivity index (χ1v) is 12.7. The van der Waals surface area contributed by atoms with E-state index in [1.54, 1.807) is 23.2 Å². The molecule has 0 radical (unpaired) electrons. The Balaban J connectivity index is 1.70. The van der Waals surface area contributed by atoms with Crippen molar-refractivity contribution in [2.45, 2.75) is 40.0 Å². The topological polar surface area (TPSA) is 118 Å². The molecular formula is C28H32N6O4. The van der Waals surface area contributed by atoms with E-state index in [-0.39, 0.29) is 11.3 Å². The van der Waals surface area contributed by atoms with Crippen LogP contribution in [0.2, 0.25) is 0 Å². The number of hydrogen-bond acceptors (Lipinski definition) is 6. The molecule has 1 saturated heterocycles. The molecule has 2 aromatic carbocycles. The van der Waals surface area contributed by atoms with Gasteiger partial charge in [0.25, 0.3) is 5.56 Å². The van der Waals surface area contributed by atoms with Crippen molar-refractivity contribution in [1.29, 1.82) is 0 Å². The van der Waals surface area contributed by atoms with Gasteiger partial charge in [0.05, 0.1) is 28.1 Å². The molecule has 0 amide bonds. The highest BCUT2D eigenvalue weighted by Crippen LogP contribution is 2.35. The largest absolute Gasteiger partial charge is 0.493 e. The third-order valence-electron chi connectivity index (χ3n) is 7.38. The summed E-state index contributed by atoms with van der Waals surface area (Å²) >= 11 is 0. The standard InChI is InChI=1S/C28H32N6O4/c1-16-11-17(2)24(18(3)12-16)34-26(36)19(25(35)30-27(34)37)15-29-20-13-22-23(32(5)28(38)31(22)4)14-21(20)33-9-7-6-8-10-33/h11-15,36H,6-10H2,1-5H3,(H,30,35,37). The summed E-state index contributed by atoms with van der Waals surface area (Å²) in [7, 11) is 3.45. The molecule has 0 aliphatic carbocycles. The zero-order valence-corrected chi connectivity index (χ0v) is 22.3. The number of aromatic nitrogens is 4. The first-order valence-electron chi connectivity index (χ1n) is 12.7. The predicted octanol–water partition coefficient (Wildman–Crippen LogP) is 3.09. The second kappa shape index (κ2) is 9.51. The summed E-state index contributed by atoms with van der Waals surface area (Å²) in [4.78, 5) is 47.4. The molecule has 1 aliphatic heterocycles. The average Bonchev–Trinajstić information content (AvgIpc) is 3.08. The number of nitrogens with zero attached hydrogens (tertiary/aromatic N) is 5. The number of fused-ring (bicyclic) bond motifs is 1. The van der Waals surface area contributed by atoms with Gasteiger partial charge in [-0.3, -0.25) is 23.9 Å². The number of aryl methyl sites for hydroxylation is 5. The third kappa shape index (κ3) is 4.15. The van der Waals surface area contributed by atoms with Crippen LogP contribution in [0.15, 0.2) is 43.6 Å². The average molecular weight is 517 g/mol. The molecule has 4 aromatic rings. The maximum Gasteiger partial charge on any atom is 0.335 e. The number of piperidine rings is 1. The van der Waals surface area contributed by atoms with Crippen molar-refractivity contribution in [2.24, 2.45) is 19.1 Å². The summed E-state index contributed by atoms with van der Waals surface area (Å²) in [6, 6.07) is 7.61. The number of aromatic amines is 1. The van der Waals surface area contributed by atoms with Crippen LogP contribution in [-0.2, 0) is 14.1 Å². The Morgan fingerprint density at radius 3 is 2.13 bits per heavy atom. The molecule has 10 heteroatoms. The van der Waals surface area contributed by atoms with Gasteiger partial charge in [-0.15, -0.1) is 0 Å². The van der Waals surface area contributed by atoms with Crippen LogP contribution >= 0.6 is 0 Å². The minimum Gasteiger partial charge on any atom is -0.493 e. The Morgan fingerprint density at radius 1 is 0.895 bits per heavy atom. The van der Waals surface area contributed by atoms with Crippen LogP contribution in [0.25, 0.3) is 16.7 Å². The van der Waals surface area contributed by atoms with Crippen LogP contribution in [-0.4, -0.2) is 43.1 Å². The van der Waals surface area contributed by atoms with Crippen molar-refractivity contribution in [3.05, 3.63) is 77.8 Å². The van der Waals surface area contributed by atoms with Gasteiger partial charge in [0.1, 0.15) is 5.56 Å². The summed E-state index contributed by atoms with van der Waals surface area (Å²) in [5, 5.41) is 11.2. The maximum atomic E-state index is 12.8. The van der Waals surface area contributed by atoms with E-state index >= 15 is 0 Å². The lowest BCUT2D eigenvalue weighted by molar-refractivity contribution is 0.429. The zero-order valence-electron chi connectivity index (χ0n) is 22.3. The van der Waals surface area contributed by atoms with E-state index in [0.717, 1.165) is 64.8 Å². The molecule has 0 bridgehead atoms. The Morgan fingerprint density at radius 2 is 1.50 bits per heavy atom. The molecule has 0 spiro atoms. The van der Waals surface area contributed by atoms with E-state index < -0.39 is 17.1 Å². The van der Waals surface area contributed by atoms with E-state index in [1.807, 2.05) is 45.0 Å². The minimum absolute atomic E-state index is 0.129. The lowest BCUT2D eigenvalue weighted by Crippen LogP contribution is -2.32. The molecular weight excluding hydrogens is 484 g/mol. The lowest BCUT2D eigenvalue weighted by Gasteiger charge is -2.30. The van der Waals surface area contributed by atoms with Gasteiger partial charge in [-0.1, -0.05) is 17.7 Å². The maximum absolute atomic E-state index is 12.8. The third-order valence-corrected chi connectivity index (χ3v) is 7.38. The van der Waals surface area contributed by atoms with E-state index in [0.29, 0.717) is 16.9 Å². The highest BCUT2D eigenvalue weighted by atomic mass is 16.3.